The number of benzene rings is 1. The summed E-state index contributed by atoms with van der Waals surface area (Å²) in [6, 6.07) is 5.64. The van der Waals surface area contributed by atoms with Gasteiger partial charge >= 0.3 is 0 Å². The molecule has 2 atom stereocenters. The van der Waals surface area contributed by atoms with Gasteiger partial charge in [-0.25, -0.2) is 0 Å². The first-order valence-corrected chi connectivity index (χ1v) is 6.72. The number of carbonyl (C=O) groups is 1. The highest BCUT2D eigenvalue weighted by molar-refractivity contribution is 9.10. The fourth-order valence-electron chi connectivity index (χ4n) is 2.07. The Hall–Kier alpha value is -0.910. The molecular weight excluding hydrogens is 296 g/mol. The van der Waals surface area contributed by atoms with Crippen molar-refractivity contribution >= 4 is 27.5 Å². The van der Waals surface area contributed by atoms with Gasteiger partial charge in [-0.05, 0) is 37.1 Å². The number of hydrogen-bond donors (Lipinski definition) is 2. The second kappa shape index (κ2) is 5.82. The van der Waals surface area contributed by atoms with Crippen molar-refractivity contribution in [2.45, 2.75) is 25.5 Å². The number of carbonyl (C=O) groups excluding carboxylic acids is 1. The molecule has 0 aromatic heterocycles. The fraction of sp³-hybridized carbons (Fsp3) is 0.462. The smallest absolute Gasteiger partial charge is 0.241 e. The molecule has 4 nitrogen and oxygen atoms in total. The van der Waals surface area contributed by atoms with E-state index in [1.165, 1.54) is 0 Å². The van der Waals surface area contributed by atoms with Gasteiger partial charge in [-0.15, -0.1) is 0 Å². The van der Waals surface area contributed by atoms with Gasteiger partial charge in [0.2, 0.25) is 5.91 Å². The zero-order valence-corrected chi connectivity index (χ0v) is 12.1. The largest absolute Gasteiger partial charge is 0.380 e. The van der Waals surface area contributed by atoms with Gasteiger partial charge in [-0.1, -0.05) is 15.9 Å². The van der Waals surface area contributed by atoms with Gasteiger partial charge < -0.3 is 15.4 Å². The van der Waals surface area contributed by atoms with Crippen molar-refractivity contribution in [1.29, 1.82) is 0 Å². The van der Waals surface area contributed by atoms with Crippen LogP contribution in [0.25, 0.3) is 0 Å². The van der Waals surface area contributed by atoms with Crippen LogP contribution >= 0.6 is 15.9 Å². The normalized spacial score (nSPS) is 23.1. The van der Waals surface area contributed by atoms with E-state index in [1.807, 2.05) is 25.1 Å². The van der Waals surface area contributed by atoms with Gasteiger partial charge in [0.1, 0.15) is 0 Å². The number of halogens is 1. The van der Waals surface area contributed by atoms with E-state index in [2.05, 4.69) is 26.6 Å². The first-order chi connectivity index (χ1) is 8.60. The molecule has 98 valence electrons. The van der Waals surface area contributed by atoms with Gasteiger partial charge in [0.25, 0.3) is 0 Å². The molecule has 1 heterocycles. The van der Waals surface area contributed by atoms with Crippen LogP contribution in [0.1, 0.15) is 12.0 Å². The molecule has 0 aliphatic carbocycles. The third kappa shape index (κ3) is 3.10. The van der Waals surface area contributed by atoms with E-state index in [0.29, 0.717) is 0 Å². The minimum Gasteiger partial charge on any atom is -0.380 e. The zero-order chi connectivity index (χ0) is 13.1. The maximum atomic E-state index is 12.1. The Morgan fingerprint density at radius 2 is 2.33 bits per heavy atom. The van der Waals surface area contributed by atoms with Crippen LogP contribution < -0.4 is 10.6 Å². The number of anilines is 1. The zero-order valence-electron chi connectivity index (χ0n) is 10.5. The lowest BCUT2D eigenvalue weighted by Crippen LogP contribution is -2.35. The summed E-state index contributed by atoms with van der Waals surface area (Å²) in [5.74, 6) is -0.0000255. The number of ether oxygens (including phenoxy) is 1. The van der Waals surface area contributed by atoms with Crippen molar-refractivity contribution in [2.75, 3.05) is 19.0 Å². The van der Waals surface area contributed by atoms with Crippen molar-refractivity contribution in [2.24, 2.45) is 0 Å². The quantitative estimate of drug-likeness (QED) is 0.898. The van der Waals surface area contributed by atoms with Crippen molar-refractivity contribution < 1.29 is 9.53 Å². The molecule has 0 bridgehead atoms. The summed E-state index contributed by atoms with van der Waals surface area (Å²) in [6.45, 7) is 2.70. The lowest BCUT2D eigenvalue weighted by Gasteiger charge is -2.13. The van der Waals surface area contributed by atoms with E-state index < -0.39 is 0 Å². The van der Waals surface area contributed by atoms with Crippen LogP contribution in [0.5, 0.6) is 0 Å². The molecule has 5 heteroatoms. The molecule has 1 aromatic rings. The van der Waals surface area contributed by atoms with Gasteiger partial charge in [-0.3, -0.25) is 4.79 Å². The number of hydrogen-bond acceptors (Lipinski definition) is 3. The lowest BCUT2D eigenvalue weighted by atomic mass is 10.1. The Bertz CT molecular complexity index is 451. The average Bonchev–Trinajstić information content (AvgIpc) is 2.81. The molecule has 2 N–H and O–H groups in total. The van der Waals surface area contributed by atoms with Crippen LogP contribution in [-0.2, 0) is 9.53 Å². The first kappa shape index (κ1) is 13.5. The molecule has 1 aliphatic rings. The number of rotatable bonds is 3. The second-order valence-corrected chi connectivity index (χ2v) is 5.42. The molecule has 1 saturated heterocycles. The summed E-state index contributed by atoms with van der Waals surface area (Å²) in [5, 5.41) is 6.11. The Morgan fingerprint density at radius 1 is 1.56 bits per heavy atom. The second-order valence-electron chi connectivity index (χ2n) is 4.50. The molecule has 0 saturated carbocycles. The molecule has 1 fully saturated rings. The van der Waals surface area contributed by atoms with Crippen LogP contribution in [0.2, 0.25) is 0 Å². The highest BCUT2D eigenvalue weighted by Gasteiger charge is 2.29. The summed E-state index contributed by atoms with van der Waals surface area (Å²) in [5.41, 5.74) is 1.89. The van der Waals surface area contributed by atoms with Gasteiger partial charge in [0.15, 0.2) is 0 Å². The van der Waals surface area contributed by atoms with Crippen molar-refractivity contribution in [3.63, 3.8) is 0 Å². The van der Waals surface area contributed by atoms with Crippen molar-refractivity contribution in [1.82, 2.24) is 5.32 Å². The molecular formula is C13H17BrN2O2. The maximum Gasteiger partial charge on any atom is 0.241 e. The molecule has 2 rings (SSSR count). The summed E-state index contributed by atoms with van der Waals surface area (Å²) in [4.78, 5) is 12.1. The predicted molar refractivity (Wildman–Crippen MR) is 74.7 cm³/mol. The Balaban J connectivity index is 1.99. The maximum absolute atomic E-state index is 12.1. The Morgan fingerprint density at radius 3 is 2.94 bits per heavy atom. The van der Waals surface area contributed by atoms with Gasteiger partial charge in [-0.2, -0.15) is 0 Å². The molecule has 1 amide bonds. The molecule has 1 aromatic carbocycles. The van der Waals surface area contributed by atoms with E-state index in [1.54, 1.807) is 7.11 Å². The van der Waals surface area contributed by atoms with Crippen molar-refractivity contribution in [3.05, 3.63) is 28.2 Å². The molecule has 2 unspecified atom stereocenters. The molecule has 0 radical (unpaired) electrons. The van der Waals surface area contributed by atoms with E-state index >= 15 is 0 Å². The number of amides is 1. The van der Waals surface area contributed by atoms with E-state index in [9.17, 15) is 4.79 Å². The highest BCUT2D eigenvalue weighted by Crippen LogP contribution is 2.21. The van der Waals surface area contributed by atoms with Crippen LogP contribution in [0, 0.1) is 6.92 Å². The van der Waals surface area contributed by atoms with Crippen LogP contribution in [-0.4, -0.2) is 31.7 Å². The first-order valence-electron chi connectivity index (χ1n) is 5.93. The molecule has 18 heavy (non-hydrogen) atoms. The minimum atomic E-state index is -0.169. The monoisotopic (exact) mass is 312 g/mol. The van der Waals surface area contributed by atoms with Crippen LogP contribution in [0.3, 0.4) is 0 Å². The predicted octanol–water partition coefficient (Wildman–Crippen LogP) is 2.07. The van der Waals surface area contributed by atoms with Crippen molar-refractivity contribution in [3.8, 4) is 0 Å². The Kier molecular flexibility index (Phi) is 4.37. The van der Waals surface area contributed by atoms with Crippen LogP contribution in [0.15, 0.2) is 22.7 Å². The SMILES string of the molecule is COC1CNC(C(=O)Nc2ccc(Br)cc2C)C1. The van der Waals surface area contributed by atoms with Gasteiger partial charge in [0.05, 0.1) is 12.1 Å². The topological polar surface area (TPSA) is 50.4 Å². The fourth-order valence-corrected chi connectivity index (χ4v) is 2.55. The number of aryl methyl sites for hydroxylation is 1. The summed E-state index contributed by atoms with van der Waals surface area (Å²) >= 11 is 3.40. The molecule has 0 spiro atoms. The minimum absolute atomic E-state index is 0.0000255. The lowest BCUT2D eigenvalue weighted by molar-refractivity contribution is -0.118. The number of methoxy groups -OCH3 is 1. The third-order valence-corrected chi connectivity index (χ3v) is 3.68. The average molecular weight is 313 g/mol. The van der Waals surface area contributed by atoms with E-state index in [-0.39, 0.29) is 18.1 Å². The van der Waals surface area contributed by atoms with E-state index in [4.69, 9.17) is 4.74 Å². The summed E-state index contributed by atoms with van der Waals surface area (Å²) in [6.07, 6.45) is 0.851. The van der Waals surface area contributed by atoms with Crippen LogP contribution in [0.4, 0.5) is 5.69 Å². The molecule has 1 aliphatic heterocycles. The third-order valence-electron chi connectivity index (χ3n) is 3.19. The number of nitrogens with one attached hydrogen (secondary N) is 2. The summed E-state index contributed by atoms with van der Waals surface area (Å²) in [7, 11) is 1.67. The summed E-state index contributed by atoms with van der Waals surface area (Å²) < 4.78 is 6.24. The van der Waals surface area contributed by atoms with E-state index in [0.717, 1.165) is 28.7 Å². The standard InChI is InChI=1S/C13H17BrN2O2/c1-8-5-9(14)3-4-11(8)16-13(17)12-6-10(18-2)7-15-12/h3-5,10,12,15H,6-7H2,1-2H3,(H,16,17). The highest BCUT2D eigenvalue weighted by atomic mass is 79.9. The Labute approximate surface area is 115 Å². The van der Waals surface area contributed by atoms with Gasteiger partial charge in [0, 0.05) is 23.8 Å².